The third-order valence-corrected chi connectivity index (χ3v) is 7.55. The molecular formula is C21H30N4O4S. The van der Waals surface area contributed by atoms with E-state index in [4.69, 9.17) is 4.74 Å². The van der Waals surface area contributed by atoms with E-state index < -0.39 is 10.0 Å². The monoisotopic (exact) mass is 434 g/mol. The Bertz CT molecular complexity index is 994. The molecule has 0 unspecified atom stereocenters. The van der Waals surface area contributed by atoms with Gasteiger partial charge < -0.3 is 10.1 Å². The van der Waals surface area contributed by atoms with Gasteiger partial charge in [0, 0.05) is 26.1 Å². The highest BCUT2D eigenvalue weighted by molar-refractivity contribution is 7.89. The van der Waals surface area contributed by atoms with Crippen molar-refractivity contribution in [3.8, 4) is 5.75 Å². The SMILES string of the molecule is COc1cccc(CNC(=O)CCn2nc(C)c(S(=O)(=O)N3CCCCC3)c2C)c1. The lowest BCUT2D eigenvalue weighted by atomic mass is 10.2. The first-order valence-corrected chi connectivity index (χ1v) is 11.7. The lowest BCUT2D eigenvalue weighted by molar-refractivity contribution is -0.121. The number of aromatic nitrogens is 2. The summed E-state index contributed by atoms with van der Waals surface area (Å²) in [6, 6.07) is 7.52. The highest BCUT2D eigenvalue weighted by Gasteiger charge is 2.31. The highest BCUT2D eigenvalue weighted by Crippen LogP contribution is 2.26. The maximum atomic E-state index is 13.1. The zero-order chi connectivity index (χ0) is 21.7. The Morgan fingerprint density at radius 3 is 2.63 bits per heavy atom. The molecule has 1 aliphatic rings. The van der Waals surface area contributed by atoms with E-state index in [0.29, 0.717) is 37.6 Å². The van der Waals surface area contributed by atoms with Crippen LogP contribution >= 0.6 is 0 Å². The zero-order valence-electron chi connectivity index (χ0n) is 17.8. The zero-order valence-corrected chi connectivity index (χ0v) is 18.7. The molecule has 9 heteroatoms. The number of rotatable bonds is 8. The van der Waals surface area contributed by atoms with Gasteiger partial charge in [-0.15, -0.1) is 0 Å². The average molecular weight is 435 g/mol. The maximum Gasteiger partial charge on any atom is 0.246 e. The van der Waals surface area contributed by atoms with E-state index in [-0.39, 0.29) is 17.2 Å². The number of piperidine rings is 1. The van der Waals surface area contributed by atoms with E-state index in [1.54, 1.807) is 29.9 Å². The fraction of sp³-hybridized carbons (Fsp3) is 0.524. The number of aryl methyl sites for hydroxylation is 2. The number of sulfonamides is 1. The molecule has 1 N–H and O–H groups in total. The quantitative estimate of drug-likeness (QED) is 0.689. The smallest absolute Gasteiger partial charge is 0.246 e. The summed E-state index contributed by atoms with van der Waals surface area (Å²) in [5.74, 6) is 0.623. The van der Waals surface area contributed by atoms with E-state index in [1.807, 2.05) is 24.3 Å². The van der Waals surface area contributed by atoms with Crippen molar-refractivity contribution in [1.29, 1.82) is 0 Å². The number of methoxy groups -OCH3 is 1. The van der Waals surface area contributed by atoms with E-state index in [2.05, 4.69) is 10.4 Å². The molecular weight excluding hydrogens is 404 g/mol. The second kappa shape index (κ2) is 9.61. The molecule has 0 aliphatic carbocycles. The Balaban J connectivity index is 1.62. The normalized spacial score (nSPS) is 15.2. The van der Waals surface area contributed by atoms with Crippen LogP contribution < -0.4 is 10.1 Å². The van der Waals surface area contributed by atoms with Crippen LogP contribution in [0.2, 0.25) is 0 Å². The molecule has 2 heterocycles. The molecule has 8 nitrogen and oxygen atoms in total. The molecule has 1 aliphatic heterocycles. The highest BCUT2D eigenvalue weighted by atomic mass is 32.2. The Morgan fingerprint density at radius 2 is 1.93 bits per heavy atom. The van der Waals surface area contributed by atoms with Gasteiger partial charge in [0.15, 0.2) is 0 Å². The summed E-state index contributed by atoms with van der Waals surface area (Å²) in [6.45, 7) is 5.31. The second-order valence-corrected chi connectivity index (χ2v) is 9.44. The molecule has 30 heavy (non-hydrogen) atoms. The van der Waals surface area contributed by atoms with Gasteiger partial charge in [0.1, 0.15) is 10.6 Å². The Labute approximate surface area is 178 Å². The fourth-order valence-electron chi connectivity index (χ4n) is 3.78. The van der Waals surface area contributed by atoms with Crippen LogP contribution in [0.4, 0.5) is 0 Å². The van der Waals surface area contributed by atoms with Crippen molar-refractivity contribution in [2.45, 2.75) is 57.5 Å². The number of hydrogen-bond donors (Lipinski definition) is 1. The molecule has 0 saturated carbocycles. The van der Waals surface area contributed by atoms with Crippen LogP contribution in [0.3, 0.4) is 0 Å². The molecule has 164 valence electrons. The van der Waals surface area contributed by atoms with Gasteiger partial charge in [-0.05, 0) is 44.4 Å². The number of carbonyl (C=O) groups is 1. The number of carbonyl (C=O) groups excluding carboxylic acids is 1. The third-order valence-electron chi connectivity index (χ3n) is 5.40. The van der Waals surface area contributed by atoms with Crippen LogP contribution in [0.25, 0.3) is 0 Å². The lowest BCUT2D eigenvalue weighted by Gasteiger charge is -2.26. The van der Waals surface area contributed by atoms with Crippen LogP contribution in [0.5, 0.6) is 5.75 Å². The van der Waals surface area contributed by atoms with Crippen molar-refractivity contribution >= 4 is 15.9 Å². The first kappa shape index (κ1) is 22.3. The minimum atomic E-state index is -3.56. The van der Waals surface area contributed by atoms with Crippen LogP contribution in [0, 0.1) is 13.8 Å². The molecule has 0 bridgehead atoms. The molecule has 1 amide bonds. The summed E-state index contributed by atoms with van der Waals surface area (Å²) in [6.07, 6.45) is 3.06. The van der Waals surface area contributed by atoms with Gasteiger partial charge in [-0.1, -0.05) is 18.6 Å². The Morgan fingerprint density at radius 1 is 1.20 bits per heavy atom. The van der Waals surface area contributed by atoms with Crippen LogP contribution in [0.15, 0.2) is 29.2 Å². The summed E-state index contributed by atoms with van der Waals surface area (Å²) < 4.78 is 34.5. The summed E-state index contributed by atoms with van der Waals surface area (Å²) in [5.41, 5.74) is 2.01. The largest absolute Gasteiger partial charge is 0.497 e. The summed E-state index contributed by atoms with van der Waals surface area (Å²) in [4.78, 5) is 12.6. The Kier molecular flexibility index (Phi) is 7.14. The van der Waals surface area contributed by atoms with Crippen molar-refractivity contribution in [2.75, 3.05) is 20.2 Å². The number of ether oxygens (including phenoxy) is 1. The first-order valence-electron chi connectivity index (χ1n) is 10.3. The Hall–Kier alpha value is -2.39. The summed E-state index contributed by atoms with van der Waals surface area (Å²) >= 11 is 0. The predicted octanol–water partition coefficient (Wildman–Crippen LogP) is 2.39. The van der Waals surface area contributed by atoms with Gasteiger partial charge in [-0.25, -0.2) is 8.42 Å². The minimum Gasteiger partial charge on any atom is -0.497 e. The van der Waals surface area contributed by atoms with Crippen LogP contribution in [0.1, 0.15) is 42.6 Å². The van der Waals surface area contributed by atoms with Gasteiger partial charge in [0.05, 0.1) is 25.0 Å². The van der Waals surface area contributed by atoms with Crippen molar-refractivity contribution in [2.24, 2.45) is 0 Å². The van der Waals surface area contributed by atoms with Gasteiger partial charge in [-0.2, -0.15) is 9.40 Å². The van der Waals surface area contributed by atoms with Crippen molar-refractivity contribution in [3.05, 3.63) is 41.2 Å². The third kappa shape index (κ3) is 5.02. The van der Waals surface area contributed by atoms with E-state index in [1.165, 1.54) is 0 Å². The fourth-order valence-corrected chi connectivity index (χ4v) is 5.67. The topological polar surface area (TPSA) is 93.5 Å². The molecule has 0 radical (unpaired) electrons. The number of benzene rings is 1. The molecule has 3 rings (SSSR count). The number of nitrogens with one attached hydrogen (secondary N) is 1. The predicted molar refractivity (Wildman–Crippen MR) is 114 cm³/mol. The molecule has 1 saturated heterocycles. The lowest BCUT2D eigenvalue weighted by Crippen LogP contribution is -2.36. The van der Waals surface area contributed by atoms with Crippen molar-refractivity contribution < 1.29 is 17.9 Å². The molecule has 2 aromatic rings. The van der Waals surface area contributed by atoms with E-state index in [9.17, 15) is 13.2 Å². The minimum absolute atomic E-state index is 0.120. The molecule has 1 fully saturated rings. The van der Waals surface area contributed by atoms with Crippen LogP contribution in [-0.2, 0) is 27.9 Å². The van der Waals surface area contributed by atoms with Gasteiger partial charge >= 0.3 is 0 Å². The molecule has 0 spiro atoms. The van der Waals surface area contributed by atoms with Crippen molar-refractivity contribution in [1.82, 2.24) is 19.4 Å². The summed E-state index contributed by atoms with van der Waals surface area (Å²) in [5, 5.41) is 7.28. The number of nitrogens with zero attached hydrogens (tertiary/aromatic N) is 3. The van der Waals surface area contributed by atoms with E-state index in [0.717, 1.165) is 30.6 Å². The van der Waals surface area contributed by atoms with Gasteiger partial charge in [-0.3, -0.25) is 9.48 Å². The van der Waals surface area contributed by atoms with Crippen molar-refractivity contribution in [3.63, 3.8) is 0 Å². The number of amides is 1. The standard InChI is InChI=1S/C21H30N4O4S/c1-16-21(30(27,28)24-11-5-4-6-12-24)17(2)25(23-16)13-10-20(26)22-15-18-8-7-9-19(14-18)29-3/h7-9,14H,4-6,10-13,15H2,1-3H3,(H,22,26). The maximum absolute atomic E-state index is 13.1. The second-order valence-electron chi connectivity index (χ2n) is 7.57. The summed E-state index contributed by atoms with van der Waals surface area (Å²) in [7, 11) is -1.95. The molecule has 1 aromatic carbocycles. The number of hydrogen-bond acceptors (Lipinski definition) is 5. The van der Waals surface area contributed by atoms with Gasteiger partial charge in [0.25, 0.3) is 0 Å². The average Bonchev–Trinajstić information content (AvgIpc) is 3.05. The van der Waals surface area contributed by atoms with Crippen LogP contribution in [-0.4, -0.2) is 48.6 Å². The van der Waals surface area contributed by atoms with Gasteiger partial charge in [0.2, 0.25) is 15.9 Å². The molecule has 0 atom stereocenters. The van der Waals surface area contributed by atoms with E-state index >= 15 is 0 Å². The molecule has 1 aromatic heterocycles. The first-order chi connectivity index (χ1) is 14.3.